The molecule has 8 heteroatoms. The highest BCUT2D eigenvalue weighted by molar-refractivity contribution is 7.15. The number of hydrogen-bond donors (Lipinski definition) is 1. The van der Waals surface area contributed by atoms with Gasteiger partial charge in [-0.2, -0.15) is 13.2 Å². The Labute approximate surface area is 117 Å². The zero-order chi connectivity index (χ0) is 15.1. The normalized spacial score (nSPS) is 12.2. The summed E-state index contributed by atoms with van der Waals surface area (Å²) in [6.45, 7) is 5.46. The maximum Gasteiger partial charge on any atom is 0.443 e. The van der Waals surface area contributed by atoms with Crippen LogP contribution in [0.3, 0.4) is 0 Å². The Kier molecular flexibility index (Phi) is 3.68. The van der Waals surface area contributed by atoms with Gasteiger partial charge in [0.1, 0.15) is 11.6 Å². The van der Waals surface area contributed by atoms with Crippen molar-refractivity contribution < 1.29 is 13.2 Å². The molecule has 108 valence electrons. The van der Waals surface area contributed by atoms with E-state index in [0.29, 0.717) is 33.3 Å². The molecule has 0 aromatic carbocycles. The Bertz CT molecular complexity index is 634. The summed E-state index contributed by atoms with van der Waals surface area (Å²) >= 11 is 0.554. The van der Waals surface area contributed by atoms with E-state index in [-0.39, 0.29) is 11.7 Å². The minimum atomic E-state index is -4.45. The predicted octanol–water partition coefficient (Wildman–Crippen LogP) is 3.63. The molecule has 0 aliphatic heterocycles. The summed E-state index contributed by atoms with van der Waals surface area (Å²) in [5.74, 6) is 0.817. The van der Waals surface area contributed by atoms with Crippen LogP contribution in [0, 0.1) is 6.92 Å². The van der Waals surface area contributed by atoms with E-state index in [1.165, 1.54) is 6.20 Å². The van der Waals surface area contributed by atoms with Crippen molar-refractivity contribution in [2.75, 3.05) is 5.73 Å². The summed E-state index contributed by atoms with van der Waals surface area (Å²) < 4.78 is 37.8. The van der Waals surface area contributed by atoms with Crippen LogP contribution in [0.4, 0.5) is 19.0 Å². The van der Waals surface area contributed by atoms with E-state index >= 15 is 0 Å². The van der Waals surface area contributed by atoms with Crippen molar-refractivity contribution in [2.24, 2.45) is 0 Å². The third-order valence-corrected chi connectivity index (χ3v) is 3.75. The second-order valence-electron chi connectivity index (χ2n) is 4.62. The first-order chi connectivity index (χ1) is 9.20. The van der Waals surface area contributed by atoms with Gasteiger partial charge >= 0.3 is 6.18 Å². The maximum atomic E-state index is 12.6. The number of nitrogens with zero attached hydrogens (tertiary/aromatic N) is 3. The van der Waals surface area contributed by atoms with Crippen molar-refractivity contribution in [1.29, 1.82) is 0 Å². The maximum absolute atomic E-state index is 12.6. The van der Waals surface area contributed by atoms with E-state index in [2.05, 4.69) is 15.0 Å². The summed E-state index contributed by atoms with van der Waals surface area (Å²) in [5, 5.41) is -0.893. The molecule has 2 aromatic rings. The molecular formula is C12H13F3N4S. The number of halogens is 3. The minimum Gasteiger partial charge on any atom is -0.383 e. The van der Waals surface area contributed by atoms with Gasteiger partial charge in [0.2, 0.25) is 0 Å². The number of alkyl halides is 3. The van der Waals surface area contributed by atoms with Gasteiger partial charge in [0, 0.05) is 17.7 Å². The van der Waals surface area contributed by atoms with Crippen LogP contribution in [-0.4, -0.2) is 15.0 Å². The number of thiazole rings is 1. The highest BCUT2D eigenvalue weighted by Crippen LogP contribution is 2.37. The molecule has 4 nitrogen and oxygen atoms in total. The zero-order valence-electron chi connectivity index (χ0n) is 11.1. The first kappa shape index (κ1) is 14.7. The van der Waals surface area contributed by atoms with E-state index in [1.807, 2.05) is 13.8 Å². The lowest BCUT2D eigenvalue weighted by Crippen LogP contribution is -2.05. The van der Waals surface area contributed by atoms with Crippen LogP contribution in [-0.2, 0) is 6.18 Å². The first-order valence-electron chi connectivity index (χ1n) is 5.87. The summed E-state index contributed by atoms with van der Waals surface area (Å²) in [4.78, 5) is 12.2. The second-order valence-corrected chi connectivity index (χ2v) is 5.65. The van der Waals surface area contributed by atoms with E-state index in [0.717, 1.165) is 0 Å². The highest BCUT2D eigenvalue weighted by atomic mass is 32.1. The van der Waals surface area contributed by atoms with Gasteiger partial charge < -0.3 is 5.73 Å². The molecule has 2 heterocycles. The summed E-state index contributed by atoms with van der Waals surface area (Å²) in [6.07, 6.45) is -3.28. The van der Waals surface area contributed by atoms with E-state index in [9.17, 15) is 13.2 Å². The number of aromatic nitrogens is 3. The zero-order valence-corrected chi connectivity index (χ0v) is 11.9. The van der Waals surface area contributed by atoms with Gasteiger partial charge in [-0.15, -0.1) is 11.3 Å². The minimum absolute atomic E-state index is 0.0339. The summed E-state index contributed by atoms with van der Waals surface area (Å²) in [5.41, 5.74) is 6.77. The van der Waals surface area contributed by atoms with E-state index < -0.39 is 11.2 Å². The molecule has 0 aliphatic carbocycles. The van der Waals surface area contributed by atoms with E-state index in [4.69, 9.17) is 5.73 Å². The van der Waals surface area contributed by atoms with Crippen LogP contribution < -0.4 is 5.73 Å². The molecule has 0 amide bonds. The SMILES string of the molecule is Cc1c(N)nc(C(C)C)nc1-c1cnc(C(F)(F)F)s1. The number of nitrogens with two attached hydrogens (primary N) is 1. The van der Waals surface area contributed by atoms with Crippen molar-refractivity contribution in [3.63, 3.8) is 0 Å². The Morgan fingerprint density at radius 3 is 2.40 bits per heavy atom. The molecule has 0 fully saturated rings. The molecule has 0 aliphatic rings. The first-order valence-corrected chi connectivity index (χ1v) is 6.69. The lowest BCUT2D eigenvalue weighted by molar-refractivity contribution is -0.137. The molecule has 2 N–H and O–H groups in total. The van der Waals surface area contributed by atoms with Gasteiger partial charge in [0.15, 0.2) is 5.01 Å². The molecular weight excluding hydrogens is 289 g/mol. The number of hydrogen-bond acceptors (Lipinski definition) is 5. The third kappa shape index (κ3) is 2.74. The third-order valence-electron chi connectivity index (χ3n) is 2.70. The Morgan fingerprint density at radius 2 is 1.90 bits per heavy atom. The van der Waals surface area contributed by atoms with Crippen LogP contribution in [0.2, 0.25) is 0 Å². The van der Waals surface area contributed by atoms with Crippen molar-refractivity contribution in [2.45, 2.75) is 32.9 Å². The predicted molar refractivity (Wildman–Crippen MR) is 71.4 cm³/mol. The lowest BCUT2D eigenvalue weighted by atomic mass is 10.1. The van der Waals surface area contributed by atoms with Crippen LogP contribution in [0.15, 0.2) is 6.20 Å². The van der Waals surface area contributed by atoms with E-state index in [1.54, 1.807) is 6.92 Å². The Hall–Kier alpha value is -1.70. The average Bonchev–Trinajstić information content (AvgIpc) is 2.81. The molecule has 0 saturated heterocycles. The topological polar surface area (TPSA) is 64.7 Å². The molecule has 0 atom stereocenters. The van der Waals surface area contributed by atoms with Gasteiger partial charge in [-0.25, -0.2) is 15.0 Å². The van der Waals surface area contributed by atoms with Crippen LogP contribution >= 0.6 is 11.3 Å². The van der Waals surface area contributed by atoms with Gasteiger partial charge in [0.25, 0.3) is 0 Å². The Balaban J connectivity index is 2.55. The molecule has 0 unspecified atom stereocenters. The molecule has 0 bridgehead atoms. The van der Waals surface area contributed by atoms with Crippen molar-refractivity contribution >= 4 is 17.2 Å². The average molecular weight is 302 g/mol. The molecule has 0 saturated carbocycles. The fraction of sp³-hybridized carbons (Fsp3) is 0.417. The lowest BCUT2D eigenvalue weighted by Gasteiger charge is -2.10. The van der Waals surface area contributed by atoms with Gasteiger partial charge in [-0.1, -0.05) is 13.8 Å². The largest absolute Gasteiger partial charge is 0.443 e. The molecule has 20 heavy (non-hydrogen) atoms. The fourth-order valence-electron chi connectivity index (χ4n) is 1.56. The number of nitrogen functional groups attached to an aromatic ring is 1. The standard InChI is InChI=1S/C12H13F3N4S/c1-5(2)10-18-8(6(3)9(16)19-10)7-4-17-11(20-7)12(13,14)15/h4-5H,1-3H3,(H2,16,18,19). The summed E-state index contributed by atoms with van der Waals surface area (Å²) in [7, 11) is 0. The van der Waals surface area contributed by atoms with Crippen LogP contribution in [0.25, 0.3) is 10.6 Å². The van der Waals surface area contributed by atoms with Crippen molar-refractivity contribution in [3.05, 3.63) is 22.6 Å². The molecule has 0 spiro atoms. The van der Waals surface area contributed by atoms with Crippen molar-refractivity contribution in [1.82, 2.24) is 15.0 Å². The Morgan fingerprint density at radius 1 is 1.25 bits per heavy atom. The molecule has 0 radical (unpaired) electrons. The number of anilines is 1. The molecule has 2 rings (SSSR count). The smallest absolute Gasteiger partial charge is 0.383 e. The van der Waals surface area contributed by atoms with Crippen LogP contribution in [0.1, 0.15) is 36.2 Å². The van der Waals surface area contributed by atoms with Gasteiger partial charge in [-0.05, 0) is 6.92 Å². The van der Waals surface area contributed by atoms with Gasteiger partial charge in [0.05, 0.1) is 10.6 Å². The van der Waals surface area contributed by atoms with Crippen LogP contribution in [0.5, 0.6) is 0 Å². The summed E-state index contributed by atoms with van der Waals surface area (Å²) in [6, 6.07) is 0. The monoisotopic (exact) mass is 302 g/mol. The highest BCUT2D eigenvalue weighted by Gasteiger charge is 2.35. The van der Waals surface area contributed by atoms with Crippen molar-refractivity contribution in [3.8, 4) is 10.6 Å². The second kappa shape index (κ2) is 5.01. The van der Waals surface area contributed by atoms with Gasteiger partial charge in [-0.3, -0.25) is 0 Å². The number of rotatable bonds is 2. The quantitative estimate of drug-likeness (QED) is 0.920. The fourth-order valence-corrected chi connectivity index (χ4v) is 2.39. The molecule has 2 aromatic heterocycles.